The van der Waals surface area contributed by atoms with Crippen molar-refractivity contribution in [2.24, 2.45) is 11.8 Å². The second-order valence-corrected chi connectivity index (χ2v) is 12.9. The Bertz CT molecular complexity index is 1460. The molecule has 0 unspecified atom stereocenters. The van der Waals surface area contributed by atoms with Crippen LogP contribution in [0.2, 0.25) is 10.0 Å². The lowest BCUT2D eigenvalue weighted by Crippen LogP contribution is -2.32. The first kappa shape index (κ1) is 33.6. The number of hydrogen-bond acceptors (Lipinski definition) is 7. The van der Waals surface area contributed by atoms with E-state index >= 15 is 0 Å². The van der Waals surface area contributed by atoms with Gasteiger partial charge in [-0.25, -0.2) is 22.9 Å². The van der Waals surface area contributed by atoms with E-state index in [1.807, 2.05) is 24.3 Å². The third kappa shape index (κ3) is 10.1. The number of carboxylic acids is 1. The molecule has 1 fully saturated rings. The van der Waals surface area contributed by atoms with E-state index in [-0.39, 0.29) is 10.9 Å². The Morgan fingerprint density at radius 2 is 1.55 bits per heavy atom. The van der Waals surface area contributed by atoms with Crippen LogP contribution < -0.4 is 15.4 Å². The maximum absolute atomic E-state index is 12.6. The zero-order valence-corrected chi connectivity index (χ0v) is 25.2. The first-order valence-corrected chi connectivity index (χ1v) is 15.4. The minimum absolute atomic E-state index is 0.0922. The number of nitrogens with one attached hydrogen (secondary N) is 3. The molecule has 1 heterocycles. The fraction of sp³-hybridized carbons (Fsp3) is 0.444. The van der Waals surface area contributed by atoms with E-state index < -0.39 is 22.2 Å². The molecule has 4 N–H and O–H groups in total. The number of carbonyl (C=O) groups is 1. The molecular weight excluding hydrogens is 618 g/mol. The fourth-order valence-electron chi connectivity index (χ4n) is 4.41. The average molecular weight is 651 g/mol. The molecular formula is C27H32Cl2F3N5O4S. The first-order chi connectivity index (χ1) is 19.6. The van der Waals surface area contributed by atoms with Gasteiger partial charge >= 0.3 is 12.1 Å². The van der Waals surface area contributed by atoms with Crippen molar-refractivity contribution >= 4 is 61.9 Å². The van der Waals surface area contributed by atoms with Crippen LogP contribution in [0.15, 0.2) is 47.4 Å². The number of sulfonamides is 1. The Hall–Kier alpha value is -2.87. The van der Waals surface area contributed by atoms with Crippen LogP contribution in [-0.2, 0) is 14.8 Å². The molecule has 230 valence electrons. The Kier molecular flexibility index (Phi) is 11.6. The van der Waals surface area contributed by atoms with Gasteiger partial charge in [0.2, 0.25) is 16.0 Å². The quantitative estimate of drug-likeness (QED) is 0.204. The summed E-state index contributed by atoms with van der Waals surface area (Å²) >= 11 is 11.9. The molecule has 1 aromatic heterocycles. The van der Waals surface area contributed by atoms with E-state index in [0.29, 0.717) is 34.4 Å². The molecule has 3 aromatic rings. The van der Waals surface area contributed by atoms with Crippen LogP contribution in [0.25, 0.3) is 10.9 Å². The molecule has 1 aliphatic rings. The van der Waals surface area contributed by atoms with Gasteiger partial charge in [-0.15, -0.1) is 0 Å². The molecule has 15 heteroatoms. The molecule has 0 aliphatic heterocycles. The molecule has 0 radical (unpaired) electrons. The van der Waals surface area contributed by atoms with E-state index in [1.54, 1.807) is 0 Å². The number of fused-ring (bicyclic) bond motifs is 1. The summed E-state index contributed by atoms with van der Waals surface area (Å²) < 4.78 is 59.7. The second kappa shape index (κ2) is 14.5. The molecule has 0 atom stereocenters. The van der Waals surface area contributed by atoms with Gasteiger partial charge in [-0.1, -0.05) is 35.3 Å². The van der Waals surface area contributed by atoms with Crippen LogP contribution in [-0.4, -0.2) is 54.8 Å². The van der Waals surface area contributed by atoms with Gasteiger partial charge < -0.3 is 15.7 Å². The predicted molar refractivity (Wildman–Crippen MR) is 158 cm³/mol. The molecule has 9 nitrogen and oxygen atoms in total. The fourth-order valence-corrected chi connectivity index (χ4v) is 6.25. The maximum Gasteiger partial charge on any atom is 0.490 e. The van der Waals surface area contributed by atoms with Crippen LogP contribution >= 0.6 is 23.2 Å². The van der Waals surface area contributed by atoms with Gasteiger partial charge in [0.1, 0.15) is 5.82 Å². The summed E-state index contributed by atoms with van der Waals surface area (Å²) in [7, 11) is -3.65. The minimum Gasteiger partial charge on any atom is -0.475 e. The zero-order chi connectivity index (χ0) is 31.1. The van der Waals surface area contributed by atoms with Gasteiger partial charge in [0.15, 0.2) is 0 Å². The first-order valence-electron chi connectivity index (χ1n) is 13.2. The summed E-state index contributed by atoms with van der Waals surface area (Å²) in [6.45, 7) is 5.38. The number of carboxylic acid groups (broad SMARTS) is 1. The number of halogens is 5. The van der Waals surface area contributed by atoms with Crippen molar-refractivity contribution in [1.82, 2.24) is 14.7 Å². The molecule has 2 aromatic carbocycles. The number of alkyl halides is 3. The van der Waals surface area contributed by atoms with Gasteiger partial charge in [0.25, 0.3) is 0 Å². The number of aromatic nitrogens is 2. The third-order valence-electron chi connectivity index (χ3n) is 6.49. The predicted octanol–water partition coefficient (Wildman–Crippen LogP) is 6.59. The van der Waals surface area contributed by atoms with Crippen LogP contribution in [0, 0.1) is 11.8 Å². The van der Waals surface area contributed by atoms with Crippen LogP contribution in [0.4, 0.5) is 24.9 Å². The topological polar surface area (TPSA) is 133 Å². The summed E-state index contributed by atoms with van der Waals surface area (Å²) in [6, 6.07) is 12.6. The molecule has 42 heavy (non-hydrogen) atoms. The monoisotopic (exact) mass is 649 g/mol. The molecule has 0 spiro atoms. The molecule has 0 saturated heterocycles. The summed E-state index contributed by atoms with van der Waals surface area (Å²) in [6.07, 6.45) is -1.12. The van der Waals surface area contributed by atoms with Crippen LogP contribution in [0.1, 0.15) is 39.5 Å². The third-order valence-corrected chi connectivity index (χ3v) is 8.33. The molecule has 0 amide bonds. The molecule has 1 aliphatic carbocycles. The van der Waals surface area contributed by atoms with Crippen molar-refractivity contribution in [3.63, 3.8) is 0 Å². The van der Waals surface area contributed by atoms with E-state index in [2.05, 4.69) is 34.2 Å². The smallest absolute Gasteiger partial charge is 0.475 e. The Morgan fingerprint density at radius 1 is 1.00 bits per heavy atom. The van der Waals surface area contributed by atoms with Crippen molar-refractivity contribution in [3.05, 3.63) is 52.5 Å². The highest BCUT2D eigenvalue weighted by Gasteiger charge is 2.38. The van der Waals surface area contributed by atoms with E-state index in [4.69, 9.17) is 38.1 Å². The second-order valence-electron chi connectivity index (χ2n) is 10.2. The summed E-state index contributed by atoms with van der Waals surface area (Å²) in [5.74, 6) is -0.500. The summed E-state index contributed by atoms with van der Waals surface area (Å²) in [5, 5.41) is 15.6. The highest BCUT2D eigenvalue weighted by atomic mass is 35.5. The standard InChI is InChI=1S/C25H31Cl2N5O2S.C2HF3O2/c1-16(2)30-24-22-5-3-4-6-23(22)31-25(32-24)28-14-17-7-9-18(10-8-17)15-29-35(33,34)21-12-19(26)11-20(27)13-21;3-2(4,5)1(6)7/h3-6,11-13,16-18,29H,7-10,14-15H2,1-2H3,(H2,28,30,31,32);(H,6,7). The number of benzene rings is 2. The number of para-hydroxylation sites is 1. The Morgan fingerprint density at radius 3 is 2.10 bits per heavy atom. The van der Waals surface area contributed by atoms with Gasteiger partial charge in [-0.3, -0.25) is 0 Å². The highest BCUT2D eigenvalue weighted by molar-refractivity contribution is 7.89. The van der Waals surface area contributed by atoms with Crippen molar-refractivity contribution in [1.29, 1.82) is 0 Å². The van der Waals surface area contributed by atoms with Gasteiger partial charge in [-0.2, -0.15) is 18.2 Å². The Labute approximate surface area is 252 Å². The van der Waals surface area contributed by atoms with E-state index in [0.717, 1.165) is 48.9 Å². The maximum atomic E-state index is 12.6. The average Bonchev–Trinajstić information content (AvgIpc) is 2.90. The largest absolute Gasteiger partial charge is 0.490 e. The van der Waals surface area contributed by atoms with Gasteiger partial charge in [0, 0.05) is 34.6 Å². The van der Waals surface area contributed by atoms with Gasteiger partial charge in [0.05, 0.1) is 10.4 Å². The molecule has 4 rings (SSSR count). The highest BCUT2D eigenvalue weighted by Crippen LogP contribution is 2.30. The lowest BCUT2D eigenvalue weighted by Gasteiger charge is -2.28. The lowest BCUT2D eigenvalue weighted by atomic mass is 9.82. The molecule has 1 saturated carbocycles. The van der Waals surface area contributed by atoms with Crippen molar-refractivity contribution < 1.29 is 31.5 Å². The summed E-state index contributed by atoms with van der Waals surface area (Å²) in [5.41, 5.74) is 0.908. The number of hydrogen-bond donors (Lipinski definition) is 4. The van der Waals surface area contributed by atoms with E-state index in [1.165, 1.54) is 18.2 Å². The van der Waals surface area contributed by atoms with Gasteiger partial charge in [-0.05, 0) is 81.7 Å². The van der Waals surface area contributed by atoms with Crippen LogP contribution in [0.5, 0.6) is 0 Å². The number of rotatable bonds is 9. The van der Waals surface area contributed by atoms with Crippen molar-refractivity contribution in [3.8, 4) is 0 Å². The van der Waals surface area contributed by atoms with Crippen molar-refractivity contribution in [2.75, 3.05) is 23.7 Å². The SMILES string of the molecule is CC(C)Nc1nc(NCC2CCC(CNS(=O)(=O)c3cc(Cl)cc(Cl)c3)CC2)nc2ccccc12.O=C(O)C(F)(F)F. The number of nitrogens with zero attached hydrogens (tertiary/aromatic N) is 2. The zero-order valence-electron chi connectivity index (χ0n) is 22.9. The normalized spacial score (nSPS) is 17.4. The minimum atomic E-state index is -5.08. The van der Waals surface area contributed by atoms with Crippen molar-refractivity contribution in [2.45, 2.75) is 56.6 Å². The summed E-state index contributed by atoms with van der Waals surface area (Å²) in [4.78, 5) is 18.4. The van der Waals surface area contributed by atoms with E-state index in [9.17, 15) is 21.6 Å². The number of anilines is 2. The lowest BCUT2D eigenvalue weighted by molar-refractivity contribution is -0.192. The number of aliphatic carboxylic acids is 1. The van der Waals surface area contributed by atoms with Crippen LogP contribution in [0.3, 0.4) is 0 Å². The Balaban J connectivity index is 0.000000616. The molecule has 0 bridgehead atoms.